The van der Waals surface area contributed by atoms with Gasteiger partial charge in [-0.05, 0) is 18.1 Å². The number of ether oxygens (including phenoxy) is 2. The summed E-state index contributed by atoms with van der Waals surface area (Å²) in [5.74, 6) is 1.03. The molecule has 1 aromatic rings. The minimum absolute atomic E-state index is 0.0548. The zero-order valence-corrected chi connectivity index (χ0v) is 8.82. The van der Waals surface area contributed by atoms with Gasteiger partial charge in [0.25, 0.3) is 0 Å². The largest absolute Gasteiger partial charge is 0.504 e. The topological polar surface area (TPSA) is 55.8 Å². The predicted octanol–water partition coefficient (Wildman–Crippen LogP) is 1.54. The van der Waals surface area contributed by atoms with Crippen molar-refractivity contribution in [1.82, 2.24) is 0 Å². The Morgan fingerprint density at radius 1 is 1.27 bits per heavy atom. The molecular formula is C11H14O4. The minimum Gasteiger partial charge on any atom is -0.504 e. The van der Waals surface area contributed by atoms with Gasteiger partial charge in [0.15, 0.2) is 11.5 Å². The summed E-state index contributed by atoms with van der Waals surface area (Å²) < 4.78 is 10.1. The Balaban J connectivity index is 3.03. The Kier molecular flexibility index (Phi) is 3.97. The van der Waals surface area contributed by atoms with Gasteiger partial charge in [-0.15, -0.1) is 0 Å². The number of phenolic OH excluding ortho intramolecular Hbond substituents is 1. The summed E-state index contributed by atoms with van der Waals surface area (Å²) in [4.78, 5) is 10.3. The third-order valence-electron chi connectivity index (χ3n) is 2.11. The second-order valence-corrected chi connectivity index (χ2v) is 3.04. The van der Waals surface area contributed by atoms with E-state index in [0.29, 0.717) is 24.3 Å². The maximum Gasteiger partial charge on any atom is 0.164 e. The maximum absolute atomic E-state index is 10.3. The SMILES string of the molecule is COc1cc(OC)c(CCC=O)cc1O. The van der Waals surface area contributed by atoms with E-state index in [0.717, 1.165) is 11.8 Å². The summed E-state index contributed by atoms with van der Waals surface area (Å²) in [6.07, 6.45) is 1.78. The van der Waals surface area contributed by atoms with Gasteiger partial charge in [-0.3, -0.25) is 0 Å². The lowest BCUT2D eigenvalue weighted by Gasteiger charge is -2.10. The quantitative estimate of drug-likeness (QED) is 0.749. The fourth-order valence-electron chi connectivity index (χ4n) is 1.36. The highest BCUT2D eigenvalue weighted by Gasteiger charge is 2.09. The summed E-state index contributed by atoms with van der Waals surface area (Å²) in [6.45, 7) is 0. The molecule has 0 aliphatic heterocycles. The summed E-state index contributed by atoms with van der Waals surface area (Å²) in [6, 6.07) is 3.16. The van der Waals surface area contributed by atoms with Crippen LogP contribution in [0.25, 0.3) is 0 Å². The van der Waals surface area contributed by atoms with Crippen LogP contribution in [-0.4, -0.2) is 25.6 Å². The lowest BCUT2D eigenvalue weighted by molar-refractivity contribution is -0.107. The van der Waals surface area contributed by atoms with Crippen molar-refractivity contribution in [2.24, 2.45) is 0 Å². The van der Waals surface area contributed by atoms with E-state index in [4.69, 9.17) is 9.47 Å². The first-order valence-corrected chi connectivity index (χ1v) is 4.60. The molecule has 0 atom stereocenters. The fraction of sp³-hybridized carbons (Fsp3) is 0.364. The van der Waals surface area contributed by atoms with E-state index in [2.05, 4.69) is 0 Å². The van der Waals surface area contributed by atoms with Crippen molar-refractivity contribution in [2.75, 3.05) is 14.2 Å². The number of rotatable bonds is 5. The van der Waals surface area contributed by atoms with Gasteiger partial charge in [-0.25, -0.2) is 0 Å². The fourth-order valence-corrected chi connectivity index (χ4v) is 1.36. The average Bonchev–Trinajstić information content (AvgIpc) is 2.26. The second kappa shape index (κ2) is 5.24. The molecule has 0 aromatic heterocycles. The third-order valence-corrected chi connectivity index (χ3v) is 2.11. The minimum atomic E-state index is 0.0548. The van der Waals surface area contributed by atoms with Crippen LogP contribution in [0.4, 0.5) is 0 Å². The van der Waals surface area contributed by atoms with E-state index in [-0.39, 0.29) is 5.75 Å². The normalized spacial score (nSPS) is 9.73. The first-order valence-electron chi connectivity index (χ1n) is 4.60. The number of aldehydes is 1. The van der Waals surface area contributed by atoms with E-state index >= 15 is 0 Å². The van der Waals surface area contributed by atoms with Crippen LogP contribution in [0, 0.1) is 0 Å². The van der Waals surface area contributed by atoms with Crippen molar-refractivity contribution in [3.05, 3.63) is 17.7 Å². The number of phenols is 1. The highest BCUT2D eigenvalue weighted by atomic mass is 16.5. The van der Waals surface area contributed by atoms with Gasteiger partial charge in [0, 0.05) is 12.5 Å². The summed E-state index contributed by atoms with van der Waals surface area (Å²) in [7, 11) is 3.01. The summed E-state index contributed by atoms with van der Waals surface area (Å²) in [5, 5.41) is 9.54. The van der Waals surface area contributed by atoms with Crippen LogP contribution in [0.1, 0.15) is 12.0 Å². The van der Waals surface area contributed by atoms with Crippen molar-refractivity contribution < 1.29 is 19.4 Å². The van der Waals surface area contributed by atoms with Crippen molar-refractivity contribution in [3.8, 4) is 17.2 Å². The summed E-state index contributed by atoms with van der Waals surface area (Å²) >= 11 is 0. The molecule has 0 aliphatic carbocycles. The van der Waals surface area contributed by atoms with Crippen molar-refractivity contribution in [3.63, 3.8) is 0 Å². The molecule has 15 heavy (non-hydrogen) atoms. The second-order valence-electron chi connectivity index (χ2n) is 3.04. The molecule has 0 saturated heterocycles. The van der Waals surface area contributed by atoms with Crippen LogP contribution in [0.15, 0.2) is 12.1 Å². The number of hydrogen-bond acceptors (Lipinski definition) is 4. The van der Waals surface area contributed by atoms with Crippen molar-refractivity contribution >= 4 is 6.29 Å². The molecule has 1 N–H and O–H groups in total. The Bertz CT molecular complexity index is 347. The predicted molar refractivity (Wildman–Crippen MR) is 55.6 cm³/mol. The number of aromatic hydroxyl groups is 1. The van der Waals surface area contributed by atoms with E-state index in [1.54, 1.807) is 12.1 Å². The molecule has 82 valence electrons. The maximum atomic E-state index is 10.3. The van der Waals surface area contributed by atoms with E-state index in [1.165, 1.54) is 14.2 Å². The lowest BCUT2D eigenvalue weighted by atomic mass is 10.1. The molecule has 0 amide bonds. The van der Waals surface area contributed by atoms with Crippen LogP contribution in [0.5, 0.6) is 17.2 Å². The molecule has 0 radical (unpaired) electrons. The number of methoxy groups -OCH3 is 2. The molecule has 0 saturated carbocycles. The number of carbonyl (C=O) groups is 1. The molecule has 0 bridgehead atoms. The van der Waals surface area contributed by atoms with Gasteiger partial charge >= 0.3 is 0 Å². The average molecular weight is 210 g/mol. The smallest absolute Gasteiger partial charge is 0.164 e. The molecule has 0 unspecified atom stereocenters. The highest BCUT2D eigenvalue weighted by Crippen LogP contribution is 2.34. The van der Waals surface area contributed by atoms with E-state index < -0.39 is 0 Å². The molecule has 0 aliphatic rings. The van der Waals surface area contributed by atoms with Crippen LogP contribution in [0.3, 0.4) is 0 Å². The Morgan fingerprint density at radius 3 is 2.47 bits per heavy atom. The zero-order chi connectivity index (χ0) is 11.3. The first-order chi connectivity index (χ1) is 7.22. The Morgan fingerprint density at radius 2 is 1.93 bits per heavy atom. The van der Waals surface area contributed by atoms with Gasteiger partial charge in [0.1, 0.15) is 12.0 Å². The Hall–Kier alpha value is -1.71. The summed E-state index contributed by atoms with van der Waals surface area (Å²) in [5.41, 5.74) is 0.794. The number of carbonyl (C=O) groups excluding carboxylic acids is 1. The molecule has 1 aromatic carbocycles. The van der Waals surface area contributed by atoms with Crippen molar-refractivity contribution in [2.45, 2.75) is 12.8 Å². The lowest BCUT2D eigenvalue weighted by Crippen LogP contribution is -1.95. The Labute approximate surface area is 88.4 Å². The molecule has 4 heteroatoms. The molecular weight excluding hydrogens is 196 g/mol. The monoisotopic (exact) mass is 210 g/mol. The molecule has 0 heterocycles. The van der Waals surface area contributed by atoms with Crippen LogP contribution >= 0.6 is 0 Å². The van der Waals surface area contributed by atoms with Gasteiger partial charge in [0.05, 0.1) is 14.2 Å². The standard InChI is InChI=1S/C11H14O4/c1-14-10-7-11(15-2)9(13)6-8(10)4-3-5-12/h5-7,13H,3-4H2,1-2H3. The molecule has 0 spiro atoms. The first kappa shape index (κ1) is 11.4. The van der Waals surface area contributed by atoms with Gasteiger partial charge in [-0.1, -0.05) is 0 Å². The number of aryl methyl sites for hydroxylation is 1. The van der Waals surface area contributed by atoms with Gasteiger partial charge in [-0.2, -0.15) is 0 Å². The van der Waals surface area contributed by atoms with Crippen LogP contribution in [0.2, 0.25) is 0 Å². The van der Waals surface area contributed by atoms with E-state index in [9.17, 15) is 9.90 Å². The van der Waals surface area contributed by atoms with E-state index in [1.807, 2.05) is 0 Å². The van der Waals surface area contributed by atoms with Crippen molar-refractivity contribution in [1.29, 1.82) is 0 Å². The molecule has 0 fully saturated rings. The molecule has 4 nitrogen and oxygen atoms in total. The number of benzene rings is 1. The highest BCUT2D eigenvalue weighted by molar-refractivity contribution is 5.54. The third kappa shape index (κ3) is 2.62. The molecule has 1 rings (SSSR count). The van der Waals surface area contributed by atoms with Crippen LogP contribution in [-0.2, 0) is 11.2 Å². The zero-order valence-electron chi connectivity index (χ0n) is 8.82. The van der Waals surface area contributed by atoms with Crippen LogP contribution < -0.4 is 9.47 Å². The van der Waals surface area contributed by atoms with Gasteiger partial charge in [0.2, 0.25) is 0 Å². The number of hydrogen-bond donors (Lipinski definition) is 1. The van der Waals surface area contributed by atoms with Gasteiger partial charge < -0.3 is 19.4 Å².